The molecule has 0 saturated carbocycles. The van der Waals surface area contributed by atoms with E-state index in [9.17, 15) is 9.59 Å². The molecule has 0 aliphatic heterocycles. The van der Waals surface area contributed by atoms with E-state index in [4.69, 9.17) is 0 Å². The molecule has 0 aliphatic rings. The molecule has 0 fully saturated rings. The second-order valence-corrected chi connectivity index (χ2v) is 6.33. The first kappa shape index (κ1) is 20.9. The lowest BCUT2D eigenvalue weighted by Crippen LogP contribution is -2.30. The molecule has 0 saturated heterocycles. The van der Waals surface area contributed by atoms with Gasteiger partial charge in [0.15, 0.2) is 5.78 Å². The van der Waals surface area contributed by atoms with E-state index in [-0.39, 0.29) is 11.8 Å². The molecule has 6 nitrogen and oxygen atoms in total. The monoisotopic (exact) mass is 348 g/mol. The average molecular weight is 348 g/mol. The number of aromatic amines is 1. The van der Waals surface area contributed by atoms with Crippen molar-refractivity contribution in [3.05, 3.63) is 23.9 Å². The van der Waals surface area contributed by atoms with E-state index in [2.05, 4.69) is 34.3 Å². The fourth-order valence-electron chi connectivity index (χ4n) is 2.75. The van der Waals surface area contributed by atoms with Gasteiger partial charge in [-0.25, -0.2) is 4.79 Å². The Balaban J connectivity index is 2.26. The number of Topliss-reactive ketones (excluding diaryl/α,β-unsaturated/α-hetero) is 1. The number of H-pyrrole nitrogens is 1. The number of nitrogens with one attached hydrogen (secondary N) is 3. The Labute approximate surface area is 150 Å². The molecule has 1 rings (SSSR count). The van der Waals surface area contributed by atoms with E-state index < -0.39 is 0 Å². The number of nitrogens with zero attached hydrogens (tertiary/aromatic N) is 1. The Morgan fingerprint density at radius 3 is 2.36 bits per heavy atom. The predicted molar refractivity (Wildman–Crippen MR) is 102 cm³/mol. The Hall–Kier alpha value is -2.11. The fourth-order valence-corrected chi connectivity index (χ4v) is 2.75. The van der Waals surface area contributed by atoms with E-state index in [1.54, 1.807) is 6.08 Å². The molecule has 140 valence electrons. The van der Waals surface area contributed by atoms with Gasteiger partial charge in [0, 0.05) is 13.0 Å². The molecule has 0 unspecified atom stereocenters. The summed E-state index contributed by atoms with van der Waals surface area (Å²) in [5.74, 6) is 0.210. The van der Waals surface area contributed by atoms with Crippen LogP contribution >= 0.6 is 0 Å². The van der Waals surface area contributed by atoms with Crippen molar-refractivity contribution in [2.24, 2.45) is 0 Å². The van der Waals surface area contributed by atoms with Crippen molar-refractivity contribution in [1.29, 1.82) is 0 Å². The van der Waals surface area contributed by atoms with E-state index in [0.29, 0.717) is 30.0 Å². The molecule has 25 heavy (non-hydrogen) atoms. The third kappa shape index (κ3) is 8.01. The number of carbonyl (C=O) groups is 2. The van der Waals surface area contributed by atoms with Crippen molar-refractivity contribution in [2.75, 3.05) is 11.9 Å². The summed E-state index contributed by atoms with van der Waals surface area (Å²) >= 11 is 0. The number of anilines is 1. The topological polar surface area (TPSA) is 86.9 Å². The Morgan fingerprint density at radius 1 is 1.12 bits per heavy atom. The number of rotatable bonds is 13. The molecule has 0 spiro atoms. The standard InChI is InChI=1S/C19H32N4O2/c1-4-6-7-8-9-10-11-12-14-20-19(25)21-18-17(15(3)24)16(13-5-2)22-23-18/h5H,2,4,6-14H2,1,3H3,(H3,20,21,22,23,25). The minimum absolute atomic E-state index is 0.135. The maximum absolute atomic E-state index is 12.0. The summed E-state index contributed by atoms with van der Waals surface area (Å²) < 4.78 is 0. The quantitative estimate of drug-likeness (QED) is 0.276. The minimum Gasteiger partial charge on any atom is -0.338 e. The zero-order valence-corrected chi connectivity index (χ0v) is 15.6. The van der Waals surface area contributed by atoms with Gasteiger partial charge in [0.25, 0.3) is 0 Å². The number of urea groups is 1. The van der Waals surface area contributed by atoms with Gasteiger partial charge in [-0.15, -0.1) is 6.58 Å². The molecular weight excluding hydrogens is 316 g/mol. The van der Waals surface area contributed by atoms with Crippen LogP contribution in [-0.4, -0.2) is 28.6 Å². The molecule has 6 heteroatoms. The highest BCUT2D eigenvalue weighted by Gasteiger charge is 2.17. The Kier molecular flexibility index (Phi) is 10.3. The van der Waals surface area contributed by atoms with Crippen LogP contribution in [0.25, 0.3) is 0 Å². The molecule has 2 amide bonds. The highest BCUT2D eigenvalue weighted by molar-refractivity contribution is 6.03. The van der Waals surface area contributed by atoms with Crippen LogP contribution in [-0.2, 0) is 6.42 Å². The van der Waals surface area contributed by atoms with E-state index in [0.717, 1.165) is 12.8 Å². The van der Waals surface area contributed by atoms with Gasteiger partial charge in [0.2, 0.25) is 0 Å². The van der Waals surface area contributed by atoms with Crippen LogP contribution < -0.4 is 10.6 Å². The van der Waals surface area contributed by atoms with E-state index >= 15 is 0 Å². The second kappa shape index (κ2) is 12.3. The lowest BCUT2D eigenvalue weighted by Gasteiger charge is -2.07. The van der Waals surface area contributed by atoms with Crippen molar-refractivity contribution < 1.29 is 9.59 Å². The number of hydrogen-bond donors (Lipinski definition) is 3. The van der Waals surface area contributed by atoms with Crippen LogP contribution in [0.1, 0.15) is 81.3 Å². The highest BCUT2D eigenvalue weighted by atomic mass is 16.2. The molecule has 1 heterocycles. The van der Waals surface area contributed by atoms with Crippen molar-refractivity contribution in [3.63, 3.8) is 0 Å². The van der Waals surface area contributed by atoms with Gasteiger partial charge in [-0.05, 0) is 13.3 Å². The zero-order valence-electron chi connectivity index (χ0n) is 15.6. The summed E-state index contributed by atoms with van der Waals surface area (Å²) in [6, 6.07) is -0.320. The van der Waals surface area contributed by atoms with Crippen LogP contribution in [0.15, 0.2) is 12.7 Å². The van der Waals surface area contributed by atoms with Gasteiger partial charge in [0.1, 0.15) is 5.82 Å². The molecule has 3 N–H and O–H groups in total. The first-order valence-electron chi connectivity index (χ1n) is 9.34. The van der Waals surface area contributed by atoms with Gasteiger partial charge in [-0.1, -0.05) is 57.9 Å². The predicted octanol–water partition coefficient (Wildman–Crippen LogP) is 4.60. The SMILES string of the molecule is C=CCc1n[nH]c(NC(=O)NCCCCCCCCCC)c1C(C)=O. The molecule has 1 aromatic rings. The first-order valence-corrected chi connectivity index (χ1v) is 9.34. The van der Waals surface area contributed by atoms with Crippen LogP contribution in [0, 0.1) is 0 Å². The van der Waals surface area contributed by atoms with Gasteiger partial charge in [-0.3, -0.25) is 15.2 Å². The third-order valence-corrected chi connectivity index (χ3v) is 4.09. The van der Waals surface area contributed by atoms with E-state index in [1.165, 1.54) is 45.4 Å². The van der Waals surface area contributed by atoms with Gasteiger partial charge in [0.05, 0.1) is 11.3 Å². The van der Waals surface area contributed by atoms with Gasteiger partial charge < -0.3 is 5.32 Å². The average Bonchev–Trinajstić information content (AvgIpc) is 2.96. The zero-order chi connectivity index (χ0) is 18.5. The lowest BCUT2D eigenvalue weighted by molar-refractivity contribution is 0.101. The lowest BCUT2D eigenvalue weighted by atomic mass is 10.1. The van der Waals surface area contributed by atoms with Gasteiger partial charge >= 0.3 is 6.03 Å². The summed E-state index contributed by atoms with van der Waals surface area (Å²) in [4.78, 5) is 23.7. The van der Waals surface area contributed by atoms with E-state index in [1.807, 2.05) is 0 Å². The van der Waals surface area contributed by atoms with Crippen molar-refractivity contribution in [3.8, 4) is 0 Å². The summed E-state index contributed by atoms with van der Waals surface area (Å²) in [6.07, 6.45) is 12.0. The van der Waals surface area contributed by atoms with Crippen molar-refractivity contribution in [2.45, 2.75) is 71.6 Å². The summed E-state index contributed by atoms with van der Waals surface area (Å²) in [6.45, 7) is 7.96. The Bertz CT molecular complexity index is 552. The highest BCUT2D eigenvalue weighted by Crippen LogP contribution is 2.18. The molecule has 0 radical (unpaired) electrons. The summed E-state index contributed by atoms with van der Waals surface area (Å²) in [5, 5.41) is 12.3. The number of unbranched alkanes of at least 4 members (excludes halogenated alkanes) is 7. The number of allylic oxidation sites excluding steroid dienone is 1. The Morgan fingerprint density at radius 2 is 1.76 bits per heavy atom. The van der Waals surface area contributed by atoms with Crippen LogP contribution in [0.5, 0.6) is 0 Å². The molecule has 0 aromatic carbocycles. The molecule has 0 aliphatic carbocycles. The molecular formula is C19H32N4O2. The third-order valence-electron chi connectivity index (χ3n) is 4.09. The first-order chi connectivity index (χ1) is 12.1. The van der Waals surface area contributed by atoms with Crippen LogP contribution in [0.3, 0.4) is 0 Å². The smallest absolute Gasteiger partial charge is 0.320 e. The summed E-state index contributed by atoms with van der Waals surface area (Å²) in [5.41, 5.74) is 1.02. The normalized spacial score (nSPS) is 10.5. The molecule has 0 atom stereocenters. The molecule has 0 bridgehead atoms. The number of hydrogen-bond acceptors (Lipinski definition) is 3. The fraction of sp³-hybridized carbons (Fsp3) is 0.632. The maximum Gasteiger partial charge on any atom is 0.320 e. The maximum atomic E-state index is 12.0. The summed E-state index contributed by atoms with van der Waals surface area (Å²) in [7, 11) is 0. The number of aromatic nitrogens is 2. The molecule has 1 aromatic heterocycles. The number of carbonyl (C=O) groups excluding carboxylic acids is 2. The number of amides is 2. The van der Waals surface area contributed by atoms with Crippen LogP contribution in [0.4, 0.5) is 10.6 Å². The minimum atomic E-state index is -0.320. The largest absolute Gasteiger partial charge is 0.338 e. The van der Waals surface area contributed by atoms with Crippen molar-refractivity contribution >= 4 is 17.6 Å². The van der Waals surface area contributed by atoms with Crippen LogP contribution in [0.2, 0.25) is 0 Å². The number of ketones is 1. The van der Waals surface area contributed by atoms with Crippen molar-refractivity contribution in [1.82, 2.24) is 15.5 Å². The van der Waals surface area contributed by atoms with Gasteiger partial charge in [-0.2, -0.15) is 5.10 Å². The second-order valence-electron chi connectivity index (χ2n) is 6.33.